The van der Waals surface area contributed by atoms with Gasteiger partial charge in [0.25, 0.3) is 0 Å². The Labute approximate surface area is 154 Å². The van der Waals surface area contributed by atoms with Crippen molar-refractivity contribution in [1.29, 1.82) is 0 Å². The molecule has 2 rings (SSSR count). The Hall–Kier alpha value is -1.01. The van der Waals surface area contributed by atoms with Gasteiger partial charge in [0.2, 0.25) is 0 Å². The van der Waals surface area contributed by atoms with Gasteiger partial charge in [-0.05, 0) is 42.0 Å². The van der Waals surface area contributed by atoms with Crippen molar-refractivity contribution in [2.24, 2.45) is 0 Å². The number of halogens is 3. The monoisotopic (exact) mass is 388 g/mol. The summed E-state index contributed by atoms with van der Waals surface area (Å²) in [7, 11) is 0. The summed E-state index contributed by atoms with van der Waals surface area (Å²) < 4.78 is 13.5. The van der Waals surface area contributed by atoms with E-state index in [1.807, 2.05) is 12.1 Å². The Morgan fingerprint density at radius 1 is 1.13 bits per heavy atom. The van der Waals surface area contributed by atoms with E-state index >= 15 is 0 Å². The third-order valence-corrected chi connectivity index (χ3v) is 4.92. The predicted octanol–water partition coefficient (Wildman–Crippen LogP) is 5.35. The van der Waals surface area contributed by atoms with Crippen molar-refractivity contribution in [3.05, 3.63) is 63.9 Å². The van der Waals surface area contributed by atoms with Crippen LogP contribution in [0.2, 0.25) is 10.0 Å². The first-order chi connectivity index (χ1) is 11.1. The molecule has 0 radical (unpaired) electrons. The van der Waals surface area contributed by atoms with E-state index in [1.54, 1.807) is 36.0 Å². The summed E-state index contributed by atoms with van der Waals surface area (Å²) in [5.74, 6) is 1.37. The maximum absolute atomic E-state index is 13.5. The van der Waals surface area contributed by atoms with E-state index in [4.69, 9.17) is 35.4 Å². The maximum Gasteiger partial charge on any atom is 0.170 e. The zero-order chi connectivity index (χ0) is 16.7. The van der Waals surface area contributed by atoms with E-state index in [2.05, 4.69) is 10.6 Å². The Morgan fingerprint density at radius 2 is 1.91 bits per heavy atom. The molecule has 2 aromatic carbocycles. The van der Waals surface area contributed by atoms with E-state index in [-0.39, 0.29) is 5.82 Å². The minimum atomic E-state index is -0.328. The van der Waals surface area contributed by atoms with Gasteiger partial charge in [0.05, 0.1) is 15.7 Å². The molecular weight excluding hydrogens is 374 g/mol. The van der Waals surface area contributed by atoms with E-state index in [9.17, 15) is 4.39 Å². The van der Waals surface area contributed by atoms with Crippen molar-refractivity contribution in [1.82, 2.24) is 5.32 Å². The van der Waals surface area contributed by atoms with E-state index in [1.165, 1.54) is 6.07 Å². The highest BCUT2D eigenvalue weighted by molar-refractivity contribution is 7.98. The van der Waals surface area contributed by atoms with Crippen LogP contribution in [0.25, 0.3) is 0 Å². The molecule has 0 saturated carbocycles. The molecule has 7 heteroatoms. The highest BCUT2D eigenvalue weighted by atomic mass is 35.5. The van der Waals surface area contributed by atoms with Gasteiger partial charge < -0.3 is 10.6 Å². The molecule has 2 aromatic rings. The molecule has 0 amide bonds. The molecule has 0 aliphatic carbocycles. The lowest BCUT2D eigenvalue weighted by Gasteiger charge is -2.11. The zero-order valence-corrected chi connectivity index (χ0v) is 15.3. The second-order valence-corrected chi connectivity index (χ2v) is 6.99. The zero-order valence-electron chi connectivity index (χ0n) is 12.1. The van der Waals surface area contributed by atoms with Gasteiger partial charge in [-0.2, -0.15) is 11.8 Å². The third kappa shape index (κ3) is 6.18. The largest absolute Gasteiger partial charge is 0.362 e. The van der Waals surface area contributed by atoms with Crippen molar-refractivity contribution in [2.45, 2.75) is 5.75 Å². The number of thiocarbonyl (C=S) groups is 1. The van der Waals surface area contributed by atoms with Gasteiger partial charge in [0.1, 0.15) is 5.82 Å². The van der Waals surface area contributed by atoms with Crippen LogP contribution in [-0.4, -0.2) is 17.4 Å². The molecule has 0 aliphatic rings. The number of thioether (sulfide) groups is 1. The molecule has 0 aliphatic heterocycles. The Balaban J connectivity index is 1.66. The van der Waals surface area contributed by atoms with Gasteiger partial charge >= 0.3 is 0 Å². The molecule has 0 aromatic heterocycles. The number of benzene rings is 2. The summed E-state index contributed by atoms with van der Waals surface area (Å²) in [6, 6.07) is 12.0. The Bertz CT molecular complexity index is 683. The van der Waals surface area contributed by atoms with Gasteiger partial charge in [-0.1, -0.05) is 41.4 Å². The topological polar surface area (TPSA) is 24.1 Å². The van der Waals surface area contributed by atoms with Gasteiger partial charge in [0, 0.05) is 18.1 Å². The highest BCUT2D eigenvalue weighted by Crippen LogP contribution is 2.24. The van der Waals surface area contributed by atoms with E-state index in [0.29, 0.717) is 27.4 Å². The van der Waals surface area contributed by atoms with Crippen molar-refractivity contribution >= 4 is 58.0 Å². The standard InChI is InChI=1S/C16H15Cl2FN2S2/c17-12-6-5-11(9-13(12)18)10-23-8-7-20-16(22)21-15-4-2-1-3-14(15)19/h1-6,9H,7-8,10H2,(H2,20,21,22). The lowest BCUT2D eigenvalue weighted by molar-refractivity contribution is 0.632. The van der Waals surface area contributed by atoms with Crippen LogP contribution in [0.5, 0.6) is 0 Å². The predicted molar refractivity (Wildman–Crippen MR) is 103 cm³/mol. The van der Waals surface area contributed by atoms with Crippen LogP contribution in [0.15, 0.2) is 42.5 Å². The van der Waals surface area contributed by atoms with Crippen molar-refractivity contribution in [3.63, 3.8) is 0 Å². The highest BCUT2D eigenvalue weighted by Gasteiger charge is 2.03. The molecule has 2 N–H and O–H groups in total. The van der Waals surface area contributed by atoms with Gasteiger partial charge in [-0.15, -0.1) is 0 Å². The van der Waals surface area contributed by atoms with Crippen LogP contribution >= 0.6 is 47.2 Å². The lowest BCUT2D eigenvalue weighted by atomic mass is 10.2. The molecule has 0 spiro atoms. The normalized spacial score (nSPS) is 10.4. The van der Waals surface area contributed by atoms with E-state index in [0.717, 1.165) is 17.1 Å². The summed E-state index contributed by atoms with van der Waals surface area (Å²) in [5.41, 5.74) is 1.49. The van der Waals surface area contributed by atoms with E-state index < -0.39 is 0 Å². The van der Waals surface area contributed by atoms with Crippen LogP contribution in [0.4, 0.5) is 10.1 Å². The summed E-state index contributed by atoms with van der Waals surface area (Å²) >= 11 is 18.7. The summed E-state index contributed by atoms with van der Waals surface area (Å²) in [6.45, 7) is 0.687. The fraction of sp³-hybridized carbons (Fsp3) is 0.188. The SMILES string of the molecule is Fc1ccccc1NC(=S)NCCSCc1ccc(Cl)c(Cl)c1. The summed E-state index contributed by atoms with van der Waals surface area (Å²) in [5, 5.41) is 7.42. The maximum atomic E-state index is 13.5. The lowest BCUT2D eigenvalue weighted by Crippen LogP contribution is -2.30. The minimum absolute atomic E-state index is 0.328. The molecule has 0 bridgehead atoms. The average Bonchev–Trinajstić information content (AvgIpc) is 2.53. The molecule has 0 saturated heterocycles. The first-order valence-corrected chi connectivity index (χ1v) is 9.19. The van der Waals surface area contributed by atoms with Crippen LogP contribution in [-0.2, 0) is 5.75 Å². The second-order valence-electron chi connectivity index (χ2n) is 4.66. The Kier molecular flexibility index (Phi) is 7.43. The number of nitrogens with one attached hydrogen (secondary N) is 2. The molecule has 0 atom stereocenters. The first-order valence-electron chi connectivity index (χ1n) is 6.87. The van der Waals surface area contributed by atoms with Crippen LogP contribution < -0.4 is 10.6 Å². The van der Waals surface area contributed by atoms with Crippen molar-refractivity contribution in [2.75, 3.05) is 17.6 Å². The molecule has 0 heterocycles. The summed E-state index contributed by atoms with van der Waals surface area (Å²) in [4.78, 5) is 0. The van der Waals surface area contributed by atoms with Gasteiger partial charge in [0.15, 0.2) is 5.11 Å². The molecule has 0 unspecified atom stereocenters. The number of anilines is 1. The minimum Gasteiger partial charge on any atom is -0.362 e. The number of hydrogen-bond acceptors (Lipinski definition) is 2. The molecular formula is C16H15Cl2FN2S2. The van der Waals surface area contributed by atoms with Crippen LogP contribution in [0, 0.1) is 5.82 Å². The van der Waals surface area contributed by atoms with Crippen LogP contribution in [0.3, 0.4) is 0 Å². The average molecular weight is 389 g/mol. The number of rotatable bonds is 6. The first kappa shape index (κ1) is 18.3. The van der Waals surface area contributed by atoms with Gasteiger partial charge in [-0.25, -0.2) is 4.39 Å². The van der Waals surface area contributed by atoms with Gasteiger partial charge in [-0.3, -0.25) is 0 Å². The smallest absolute Gasteiger partial charge is 0.170 e. The second kappa shape index (κ2) is 9.33. The summed E-state index contributed by atoms with van der Waals surface area (Å²) in [6.07, 6.45) is 0. The molecule has 23 heavy (non-hydrogen) atoms. The fourth-order valence-corrected chi connectivity index (χ4v) is 3.12. The Morgan fingerprint density at radius 3 is 2.65 bits per heavy atom. The van der Waals surface area contributed by atoms with Crippen molar-refractivity contribution in [3.8, 4) is 0 Å². The van der Waals surface area contributed by atoms with Crippen molar-refractivity contribution < 1.29 is 4.39 Å². The molecule has 2 nitrogen and oxygen atoms in total. The fourth-order valence-electron chi connectivity index (χ4n) is 1.79. The molecule has 0 fully saturated rings. The number of para-hydroxylation sites is 1. The molecule has 122 valence electrons. The van der Waals surface area contributed by atoms with Crippen LogP contribution in [0.1, 0.15) is 5.56 Å². The number of hydrogen-bond donors (Lipinski definition) is 2. The third-order valence-electron chi connectivity index (χ3n) is 2.91. The quantitative estimate of drug-likeness (QED) is 0.514.